The van der Waals surface area contributed by atoms with Gasteiger partial charge in [0.05, 0.1) is 6.54 Å². The van der Waals surface area contributed by atoms with Gasteiger partial charge in [-0.15, -0.1) is 0 Å². The highest BCUT2D eigenvalue weighted by molar-refractivity contribution is 5.79. The van der Waals surface area contributed by atoms with Crippen molar-refractivity contribution in [1.29, 1.82) is 0 Å². The highest BCUT2D eigenvalue weighted by Gasteiger charge is 2.25. The van der Waals surface area contributed by atoms with Crippen molar-refractivity contribution in [1.82, 2.24) is 20.0 Å². The third-order valence-corrected chi connectivity index (χ3v) is 4.77. The third-order valence-electron chi connectivity index (χ3n) is 4.77. The Hall–Kier alpha value is -1.99. The van der Waals surface area contributed by atoms with Gasteiger partial charge in [-0.3, -0.25) is 14.5 Å². The third kappa shape index (κ3) is 4.99. The zero-order valence-corrected chi connectivity index (χ0v) is 14.4. The lowest BCUT2D eigenvalue weighted by molar-refractivity contribution is -0.138. The molecule has 6 nitrogen and oxygen atoms in total. The van der Waals surface area contributed by atoms with Gasteiger partial charge in [0.15, 0.2) is 0 Å². The van der Waals surface area contributed by atoms with Crippen LogP contribution in [0, 0.1) is 5.82 Å². The van der Waals surface area contributed by atoms with Crippen LogP contribution in [0.4, 0.5) is 4.39 Å². The van der Waals surface area contributed by atoms with E-state index in [0.717, 1.165) is 38.3 Å². The number of nitrogens with zero attached hydrogens (tertiary/aromatic N) is 3. The van der Waals surface area contributed by atoms with Crippen molar-refractivity contribution in [3.05, 3.63) is 35.6 Å². The van der Waals surface area contributed by atoms with Gasteiger partial charge in [-0.05, 0) is 17.7 Å². The second-order valence-electron chi connectivity index (χ2n) is 6.60. The lowest BCUT2D eigenvalue weighted by Crippen LogP contribution is -2.51. The summed E-state index contributed by atoms with van der Waals surface area (Å²) in [5.74, 6) is -0.0868. The molecule has 0 aliphatic carbocycles. The fraction of sp³-hybridized carbons (Fsp3) is 0.556. The van der Waals surface area contributed by atoms with Crippen LogP contribution in [0.15, 0.2) is 24.3 Å². The van der Waals surface area contributed by atoms with Gasteiger partial charge in [0.1, 0.15) is 5.82 Å². The van der Waals surface area contributed by atoms with Gasteiger partial charge in [0, 0.05) is 58.8 Å². The van der Waals surface area contributed by atoms with Crippen molar-refractivity contribution in [3.8, 4) is 0 Å². The molecule has 25 heavy (non-hydrogen) atoms. The molecule has 1 aromatic rings. The summed E-state index contributed by atoms with van der Waals surface area (Å²) < 4.78 is 13.3. The molecule has 0 spiro atoms. The Morgan fingerprint density at radius 2 is 1.96 bits per heavy atom. The van der Waals surface area contributed by atoms with E-state index >= 15 is 0 Å². The molecule has 136 valence electrons. The number of rotatable bonds is 5. The first kappa shape index (κ1) is 17.8. The molecule has 1 N–H and O–H groups in total. The standard InChI is InChI=1S/C18H25FN4O2/c19-16-3-1-2-15(12-16)13-23-11-10-21(14-18(23)25)7-4-17(24)22-8-5-20-6-9-22/h1-3,12,20H,4-11,13-14H2. The van der Waals surface area contributed by atoms with E-state index in [0.29, 0.717) is 32.6 Å². The van der Waals surface area contributed by atoms with Crippen LogP contribution in [-0.4, -0.2) is 78.9 Å². The van der Waals surface area contributed by atoms with Crippen LogP contribution in [-0.2, 0) is 16.1 Å². The Balaban J connectivity index is 1.43. The normalized spacial score (nSPS) is 19.3. The molecular weight excluding hydrogens is 323 g/mol. The summed E-state index contributed by atoms with van der Waals surface area (Å²) in [5.41, 5.74) is 0.802. The lowest BCUT2D eigenvalue weighted by atomic mass is 10.2. The first-order valence-electron chi connectivity index (χ1n) is 8.85. The van der Waals surface area contributed by atoms with Gasteiger partial charge in [-0.1, -0.05) is 12.1 Å². The molecule has 1 aromatic carbocycles. The predicted molar refractivity (Wildman–Crippen MR) is 92.3 cm³/mol. The number of hydrogen-bond donors (Lipinski definition) is 1. The van der Waals surface area contributed by atoms with E-state index in [2.05, 4.69) is 5.32 Å². The molecule has 2 heterocycles. The molecular formula is C18H25FN4O2. The largest absolute Gasteiger partial charge is 0.340 e. The SMILES string of the molecule is O=C(CCN1CCN(Cc2cccc(F)c2)C(=O)C1)N1CCNCC1. The highest BCUT2D eigenvalue weighted by Crippen LogP contribution is 2.11. The number of piperazine rings is 2. The fourth-order valence-electron chi connectivity index (χ4n) is 3.30. The molecule has 0 bridgehead atoms. The van der Waals surface area contributed by atoms with Crippen LogP contribution in [0.5, 0.6) is 0 Å². The predicted octanol–water partition coefficient (Wildman–Crippen LogP) is 0.292. The first-order valence-corrected chi connectivity index (χ1v) is 8.85. The lowest BCUT2D eigenvalue weighted by Gasteiger charge is -2.35. The minimum absolute atomic E-state index is 0.0325. The summed E-state index contributed by atoms with van der Waals surface area (Å²) in [6, 6.07) is 6.35. The van der Waals surface area contributed by atoms with Crippen molar-refractivity contribution in [2.45, 2.75) is 13.0 Å². The molecule has 0 aromatic heterocycles. The number of hydrogen-bond acceptors (Lipinski definition) is 4. The summed E-state index contributed by atoms with van der Waals surface area (Å²) in [6.07, 6.45) is 0.456. The molecule has 0 unspecified atom stereocenters. The molecule has 2 amide bonds. The van der Waals surface area contributed by atoms with Crippen LogP contribution in [0.1, 0.15) is 12.0 Å². The second kappa shape index (κ2) is 8.40. The molecule has 0 saturated carbocycles. The number of nitrogens with one attached hydrogen (secondary N) is 1. The van der Waals surface area contributed by atoms with Crippen molar-refractivity contribution >= 4 is 11.8 Å². The average molecular weight is 348 g/mol. The van der Waals surface area contributed by atoms with E-state index in [4.69, 9.17) is 0 Å². The van der Waals surface area contributed by atoms with E-state index in [-0.39, 0.29) is 17.6 Å². The van der Waals surface area contributed by atoms with E-state index in [1.54, 1.807) is 11.0 Å². The van der Waals surface area contributed by atoms with E-state index < -0.39 is 0 Å². The molecule has 0 atom stereocenters. The van der Waals surface area contributed by atoms with Gasteiger partial charge >= 0.3 is 0 Å². The molecule has 7 heteroatoms. The Morgan fingerprint density at radius 3 is 2.68 bits per heavy atom. The van der Waals surface area contributed by atoms with E-state index in [1.807, 2.05) is 15.9 Å². The van der Waals surface area contributed by atoms with Gasteiger partial charge in [0.25, 0.3) is 0 Å². The van der Waals surface area contributed by atoms with E-state index in [9.17, 15) is 14.0 Å². The van der Waals surface area contributed by atoms with Crippen LogP contribution >= 0.6 is 0 Å². The Labute approximate surface area is 147 Å². The summed E-state index contributed by atoms with van der Waals surface area (Å²) in [5, 5.41) is 3.23. The Bertz CT molecular complexity index is 619. The van der Waals surface area contributed by atoms with Gasteiger partial charge in [-0.2, -0.15) is 0 Å². The van der Waals surface area contributed by atoms with Crippen LogP contribution in [0.25, 0.3) is 0 Å². The highest BCUT2D eigenvalue weighted by atomic mass is 19.1. The number of halogens is 1. The van der Waals surface area contributed by atoms with Gasteiger partial charge in [0.2, 0.25) is 11.8 Å². The Kier molecular flexibility index (Phi) is 5.99. The maximum Gasteiger partial charge on any atom is 0.237 e. The summed E-state index contributed by atoms with van der Waals surface area (Å²) in [7, 11) is 0. The number of carbonyl (C=O) groups excluding carboxylic acids is 2. The topological polar surface area (TPSA) is 55.9 Å². The molecule has 3 rings (SSSR count). The number of amides is 2. The fourth-order valence-corrected chi connectivity index (χ4v) is 3.30. The Morgan fingerprint density at radius 1 is 1.16 bits per heavy atom. The minimum Gasteiger partial charge on any atom is -0.340 e. The van der Waals surface area contributed by atoms with Gasteiger partial charge in [-0.25, -0.2) is 4.39 Å². The number of carbonyl (C=O) groups is 2. The first-order chi connectivity index (χ1) is 12.1. The zero-order valence-electron chi connectivity index (χ0n) is 14.4. The molecule has 2 fully saturated rings. The van der Waals surface area contributed by atoms with Crippen LogP contribution in [0.2, 0.25) is 0 Å². The van der Waals surface area contributed by atoms with Crippen molar-refractivity contribution in [2.75, 3.05) is 52.4 Å². The molecule has 0 radical (unpaired) electrons. The number of benzene rings is 1. The molecule has 2 saturated heterocycles. The molecule has 2 aliphatic rings. The second-order valence-corrected chi connectivity index (χ2v) is 6.60. The van der Waals surface area contributed by atoms with Crippen molar-refractivity contribution < 1.29 is 14.0 Å². The maximum absolute atomic E-state index is 13.3. The summed E-state index contributed by atoms with van der Waals surface area (Å²) in [6.45, 7) is 5.95. The average Bonchev–Trinajstić information content (AvgIpc) is 2.62. The monoisotopic (exact) mass is 348 g/mol. The van der Waals surface area contributed by atoms with Crippen LogP contribution in [0.3, 0.4) is 0 Å². The maximum atomic E-state index is 13.3. The smallest absolute Gasteiger partial charge is 0.237 e. The molecule has 2 aliphatic heterocycles. The zero-order chi connectivity index (χ0) is 17.6. The van der Waals surface area contributed by atoms with Crippen LogP contribution < -0.4 is 5.32 Å². The van der Waals surface area contributed by atoms with E-state index in [1.165, 1.54) is 12.1 Å². The summed E-state index contributed by atoms with van der Waals surface area (Å²) in [4.78, 5) is 30.2. The van der Waals surface area contributed by atoms with Crippen molar-refractivity contribution in [2.24, 2.45) is 0 Å². The quantitative estimate of drug-likeness (QED) is 0.831. The van der Waals surface area contributed by atoms with Crippen molar-refractivity contribution in [3.63, 3.8) is 0 Å². The summed E-state index contributed by atoms with van der Waals surface area (Å²) >= 11 is 0. The minimum atomic E-state index is -0.282. The van der Waals surface area contributed by atoms with Gasteiger partial charge < -0.3 is 15.1 Å².